The number of hydrogen-bond donors (Lipinski definition) is 1. The molecule has 0 fully saturated rings. The summed E-state index contributed by atoms with van der Waals surface area (Å²) in [5.74, 6) is -1.53. The Balaban J connectivity index is 3.45. The number of esters is 3. The number of ether oxygens (including phenoxy) is 3. The highest BCUT2D eigenvalue weighted by Crippen LogP contribution is 2.02. The number of aliphatic hydroxyl groups is 1. The Labute approximate surface area is 130 Å². The van der Waals surface area contributed by atoms with Gasteiger partial charge in [0.2, 0.25) is 0 Å². The number of hydrogen-bond acceptors (Lipinski definition) is 7. The lowest BCUT2D eigenvalue weighted by Crippen LogP contribution is -2.19. The normalized spacial score (nSPS) is 11.4. The fourth-order valence-electron chi connectivity index (χ4n) is 1.33. The maximum Gasteiger partial charge on any atom is 0.334 e. The van der Waals surface area contributed by atoms with E-state index >= 15 is 0 Å². The molecule has 0 aromatic heterocycles. The van der Waals surface area contributed by atoms with Crippen LogP contribution in [0, 0.1) is 0 Å². The zero-order chi connectivity index (χ0) is 17.0. The fourth-order valence-corrected chi connectivity index (χ4v) is 1.33. The van der Waals surface area contributed by atoms with Gasteiger partial charge in [-0.3, -0.25) is 4.79 Å². The van der Waals surface area contributed by atoms with Crippen LogP contribution >= 0.6 is 0 Å². The summed E-state index contributed by atoms with van der Waals surface area (Å²) in [7, 11) is 0. The highest BCUT2D eigenvalue weighted by molar-refractivity contribution is 5.86. The fraction of sp³-hybridized carbons (Fsp3) is 0.667. The molecule has 0 bridgehead atoms. The average Bonchev–Trinajstić information content (AvgIpc) is 2.46. The van der Waals surface area contributed by atoms with Gasteiger partial charge >= 0.3 is 17.9 Å². The zero-order valence-corrected chi connectivity index (χ0v) is 13.1. The van der Waals surface area contributed by atoms with Crippen LogP contribution in [0.5, 0.6) is 0 Å². The smallest absolute Gasteiger partial charge is 0.334 e. The first-order valence-corrected chi connectivity index (χ1v) is 7.17. The summed E-state index contributed by atoms with van der Waals surface area (Å²) in [5, 5.41) is 8.89. The minimum absolute atomic E-state index is 0.00668. The summed E-state index contributed by atoms with van der Waals surface area (Å²) >= 11 is 0. The van der Waals surface area contributed by atoms with Gasteiger partial charge in [-0.05, 0) is 33.1 Å². The molecule has 7 heteroatoms. The van der Waals surface area contributed by atoms with Crippen molar-refractivity contribution in [2.45, 2.75) is 45.6 Å². The van der Waals surface area contributed by atoms with E-state index in [-0.39, 0.29) is 32.2 Å². The molecule has 7 nitrogen and oxygen atoms in total. The molecule has 0 aromatic carbocycles. The molecule has 1 N–H and O–H groups in total. The van der Waals surface area contributed by atoms with Crippen molar-refractivity contribution < 1.29 is 33.7 Å². The summed E-state index contributed by atoms with van der Waals surface area (Å²) in [6.45, 7) is 6.54. The minimum Gasteiger partial charge on any atom is -0.464 e. The molecule has 126 valence electrons. The molecule has 0 aliphatic rings. The molecule has 0 aliphatic carbocycles. The van der Waals surface area contributed by atoms with E-state index in [2.05, 4.69) is 6.58 Å². The summed E-state index contributed by atoms with van der Waals surface area (Å²) in [6.07, 6.45) is 1.05. The lowest BCUT2D eigenvalue weighted by atomic mass is 10.2. The number of aliphatic hydroxyl groups excluding tert-OH is 1. The number of carbonyl (C=O) groups excluding carboxylic acids is 3. The Kier molecular flexibility index (Phi) is 10.7. The predicted octanol–water partition coefficient (Wildman–Crippen LogP) is 1.13. The van der Waals surface area contributed by atoms with Gasteiger partial charge in [-0.15, -0.1) is 0 Å². The molecule has 0 amide bonds. The Morgan fingerprint density at radius 2 is 1.64 bits per heavy atom. The molecule has 1 unspecified atom stereocenters. The minimum atomic E-state index is -1.12. The van der Waals surface area contributed by atoms with Gasteiger partial charge in [0.1, 0.15) is 19.3 Å². The molecule has 0 spiro atoms. The Morgan fingerprint density at radius 1 is 1.00 bits per heavy atom. The molecule has 0 radical (unpaired) electrons. The largest absolute Gasteiger partial charge is 0.464 e. The van der Waals surface area contributed by atoms with Crippen molar-refractivity contribution in [1.29, 1.82) is 0 Å². The molecular weight excluding hydrogens is 292 g/mol. The van der Waals surface area contributed by atoms with E-state index in [0.717, 1.165) is 0 Å². The molecule has 22 heavy (non-hydrogen) atoms. The van der Waals surface area contributed by atoms with Gasteiger partial charge in [-0.25, -0.2) is 9.59 Å². The van der Waals surface area contributed by atoms with Crippen LogP contribution in [0.15, 0.2) is 12.2 Å². The van der Waals surface area contributed by atoms with E-state index in [1.54, 1.807) is 0 Å². The van der Waals surface area contributed by atoms with Gasteiger partial charge < -0.3 is 19.3 Å². The van der Waals surface area contributed by atoms with Gasteiger partial charge in [0.25, 0.3) is 0 Å². The van der Waals surface area contributed by atoms with Crippen molar-refractivity contribution in [3.63, 3.8) is 0 Å². The molecular formula is C15H24O7. The molecule has 0 aliphatic heterocycles. The second-order valence-corrected chi connectivity index (χ2v) is 4.79. The van der Waals surface area contributed by atoms with Crippen LogP contribution < -0.4 is 0 Å². The summed E-state index contributed by atoms with van der Waals surface area (Å²) in [4.78, 5) is 33.3. The van der Waals surface area contributed by atoms with Crippen LogP contribution in [0.2, 0.25) is 0 Å². The van der Waals surface area contributed by atoms with Crippen molar-refractivity contribution >= 4 is 17.9 Å². The summed E-state index contributed by atoms with van der Waals surface area (Å²) in [6, 6.07) is 0. The number of rotatable bonds is 11. The predicted molar refractivity (Wildman–Crippen MR) is 77.8 cm³/mol. The zero-order valence-electron chi connectivity index (χ0n) is 13.1. The van der Waals surface area contributed by atoms with Gasteiger partial charge in [0.05, 0.1) is 6.61 Å². The van der Waals surface area contributed by atoms with Crippen molar-refractivity contribution in [2.75, 3.05) is 19.8 Å². The number of carbonyl (C=O) groups is 3. The van der Waals surface area contributed by atoms with Crippen LogP contribution in [0.25, 0.3) is 0 Å². The second kappa shape index (κ2) is 11.7. The maximum absolute atomic E-state index is 11.4. The first-order chi connectivity index (χ1) is 10.3. The van der Waals surface area contributed by atoms with E-state index in [1.807, 2.05) is 0 Å². The van der Waals surface area contributed by atoms with E-state index in [1.165, 1.54) is 13.8 Å². The van der Waals surface area contributed by atoms with Crippen molar-refractivity contribution in [2.24, 2.45) is 0 Å². The van der Waals surface area contributed by atoms with E-state index in [4.69, 9.17) is 19.3 Å². The first kappa shape index (κ1) is 20.1. The van der Waals surface area contributed by atoms with E-state index in [0.29, 0.717) is 24.8 Å². The van der Waals surface area contributed by atoms with Gasteiger partial charge in [-0.2, -0.15) is 0 Å². The first-order valence-electron chi connectivity index (χ1n) is 7.17. The standard InChI is InChI=1S/C15H24O7/c1-11(2)14(18)22-10-9-20-13(17)7-5-4-6-8-21-15(19)12(3)16/h12,16H,1,4-10H2,2-3H3. The van der Waals surface area contributed by atoms with Gasteiger partial charge in [-0.1, -0.05) is 6.58 Å². The van der Waals surface area contributed by atoms with Crippen molar-refractivity contribution in [3.8, 4) is 0 Å². The quantitative estimate of drug-likeness (QED) is 0.264. The monoisotopic (exact) mass is 316 g/mol. The molecule has 0 heterocycles. The lowest BCUT2D eigenvalue weighted by Gasteiger charge is -2.07. The SMILES string of the molecule is C=C(C)C(=O)OCCOC(=O)CCCCCOC(=O)C(C)O. The third kappa shape index (κ3) is 10.8. The average molecular weight is 316 g/mol. The summed E-state index contributed by atoms with van der Waals surface area (Å²) < 4.78 is 14.4. The molecule has 0 aromatic rings. The molecule has 0 saturated heterocycles. The lowest BCUT2D eigenvalue weighted by molar-refractivity contribution is -0.152. The third-order valence-electron chi connectivity index (χ3n) is 2.54. The second-order valence-electron chi connectivity index (χ2n) is 4.79. The topological polar surface area (TPSA) is 99.1 Å². The van der Waals surface area contributed by atoms with Crippen LogP contribution in [0.3, 0.4) is 0 Å². The van der Waals surface area contributed by atoms with Crippen molar-refractivity contribution in [3.05, 3.63) is 12.2 Å². The highest BCUT2D eigenvalue weighted by Gasteiger charge is 2.09. The Bertz CT molecular complexity index is 387. The molecule has 0 rings (SSSR count). The molecule has 1 atom stereocenters. The van der Waals surface area contributed by atoms with Gasteiger partial charge in [0.15, 0.2) is 0 Å². The summed E-state index contributed by atoms with van der Waals surface area (Å²) in [5.41, 5.74) is 0.294. The van der Waals surface area contributed by atoms with Gasteiger partial charge in [0, 0.05) is 12.0 Å². The molecule has 0 saturated carbocycles. The van der Waals surface area contributed by atoms with E-state index < -0.39 is 18.0 Å². The van der Waals surface area contributed by atoms with Crippen molar-refractivity contribution in [1.82, 2.24) is 0 Å². The number of unbranched alkanes of at least 4 members (excludes halogenated alkanes) is 2. The van der Waals surface area contributed by atoms with Crippen LogP contribution in [-0.4, -0.2) is 48.9 Å². The maximum atomic E-state index is 11.4. The Hall–Kier alpha value is -1.89. The highest BCUT2D eigenvalue weighted by atomic mass is 16.6. The third-order valence-corrected chi connectivity index (χ3v) is 2.54. The van der Waals surface area contributed by atoms with Crippen LogP contribution in [0.4, 0.5) is 0 Å². The van der Waals surface area contributed by atoms with Crippen LogP contribution in [0.1, 0.15) is 39.5 Å². The van der Waals surface area contributed by atoms with Crippen LogP contribution in [-0.2, 0) is 28.6 Å². The van der Waals surface area contributed by atoms with E-state index in [9.17, 15) is 14.4 Å². The Morgan fingerprint density at radius 3 is 2.23 bits per heavy atom.